The van der Waals surface area contributed by atoms with Crippen LogP contribution in [-0.4, -0.2) is 31.0 Å². The van der Waals surface area contributed by atoms with Crippen LogP contribution in [0.15, 0.2) is 48.0 Å². The van der Waals surface area contributed by atoms with E-state index in [9.17, 15) is 4.79 Å². The van der Waals surface area contributed by atoms with Crippen molar-refractivity contribution in [2.24, 2.45) is 0 Å². The minimum absolute atomic E-state index is 0.0679. The lowest BCUT2D eigenvalue weighted by molar-refractivity contribution is 0.0769. The molecule has 150 valence electrons. The topological polar surface area (TPSA) is 29.5 Å². The fourth-order valence-corrected chi connectivity index (χ4v) is 3.61. The molecule has 0 N–H and O–H groups in total. The average molecular weight is 380 g/mol. The van der Waals surface area contributed by atoms with Crippen LogP contribution in [0, 0.1) is 0 Å². The Hall–Kier alpha value is -2.55. The monoisotopic (exact) mass is 379 g/mol. The summed E-state index contributed by atoms with van der Waals surface area (Å²) in [5.41, 5.74) is 5.43. The van der Waals surface area contributed by atoms with Gasteiger partial charge in [-0.25, -0.2) is 0 Å². The average Bonchev–Trinajstić information content (AvgIpc) is 2.72. The number of hydrogen-bond donors (Lipinski definition) is 0. The zero-order valence-electron chi connectivity index (χ0n) is 17.9. The largest absolute Gasteiger partial charge is 0.496 e. The van der Waals surface area contributed by atoms with Crippen LogP contribution in [0.3, 0.4) is 0 Å². The third-order valence-corrected chi connectivity index (χ3v) is 4.94. The van der Waals surface area contributed by atoms with Gasteiger partial charge >= 0.3 is 0 Å². The van der Waals surface area contributed by atoms with E-state index in [4.69, 9.17) is 4.74 Å². The van der Waals surface area contributed by atoms with Crippen LogP contribution in [-0.2, 0) is 12.8 Å². The molecule has 0 aliphatic rings. The van der Waals surface area contributed by atoms with E-state index in [-0.39, 0.29) is 5.91 Å². The van der Waals surface area contributed by atoms with Crippen molar-refractivity contribution in [1.82, 2.24) is 4.90 Å². The zero-order chi connectivity index (χ0) is 20.5. The second-order valence-corrected chi connectivity index (χ2v) is 7.15. The summed E-state index contributed by atoms with van der Waals surface area (Å²) in [5, 5.41) is 0. The van der Waals surface area contributed by atoms with Crippen molar-refractivity contribution >= 4 is 12.0 Å². The molecule has 1 amide bonds. The van der Waals surface area contributed by atoms with E-state index in [0.717, 1.165) is 37.1 Å². The van der Waals surface area contributed by atoms with Crippen molar-refractivity contribution < 1.29 is 9.53 Å². The second-order valence-electron chi connectivity index (χ2n) is 7.15. The minimum Gasteiger partial charge on any atom is -0.496 e. The summed E-state index contributed by atoms with van der Waals surface area (Å²) >= 11 is 0. The maximum absolute atomic E-state index is 13.3. The van der Waals surface area contributed by atoms with Gasteiger partial charge in [0.05, 0.1) is 7.11 Å². The van der Waals surface area contributed by atoms with Gasteiger partial charge in [-0.15, -0.1) is 0 Å². The summed E-state index contributed by atoms with van der Waals surface area (Å²) in [4.78, 5) is 15.2. The van der Waals surface area contributed by atoms with Gasteiger partial charge in [0.2, 0.25) is 0 Å². The van der Waals surface area contributed by atoms with Gasteiger partial charge in [-0.2, -0.15) is 0 Å². The molecule has 0 fully saturated rings. The molecule has 2 rings (SSSR count). The van der Waals surface area contributed by atoms with Crippen LogP contribution in [0.5, 0.6) is 5.75 Å². The number of hydrogen-bond acceptors (Lipinski definition) is 2. The fourth-order valence-electron chi connectivity index (χ4n) is 3.61. The molecule has 0 saturated heterocycles. The minimum atomic E-state index is 0.0679. The Morgan fingerprint density at radius 2 is 1.79 bits per heavy atom. The molecular formula is C25H33NO2. The first-order chi connectivity index (χ1) is 13.5. The van der Waals surface area contributed by atoms with Gasteiger partial charge in [-0.05, 0) is 55.0 Å². The fraction of sp³-hybridized carbons (Fsp3) is 0.400. The van der Waals surface area contributed by atoms with E-state index in [0.29, 0.717) is 12.1 Å². The second kappa shape index (κ2) is 10.7. The molecular weight excluding hydrogens is 346 g/mol. The molecule has 2 aromatic carbocycles. The lowest BCUT2D eigenvalue weighted by Crippen LogP contribution is -2.33. The lowest BCUT2D eigenvalue weighted by Gasteiger charge is -2.24. The first kappa shape index (κ1) is 21.7. The predicted octanol–water partition coefficient (Wildman–Crippen LogP) is 5.78. The quantitative estimate of drug-likeness (QED) is 0.553. The highest BCUT2D eigenvalue weighted by atomic mass is 16.5. The molecule has 0 unspecified atom stereocenters. The Morgan fingerprint density at radius 3 is 2.36 bits per heavy atom. The van der Waals surface area contributed by atoms with Crippen molar-refractivity contribution in [2.45, 2.75) is 47.0 Å². The molecule has 0 saturated carbocycles. The standard InChI is InChI=1S/C25H33NO2/c1-6-14-26(18-19(4)15-20-12-10-9-11-13-20)25(27)22-16-21(7-2)23(8-3)24(17-22)28-5/h9-13,15-17H,6-8,14,18H2,1-5H3/b19-15+. The van der Waals surface area contributed by atoms with Crippen LogP contribution in [0.4, 0.5) is 0 Å². The molecule has 0 aliphatic heterocycles. The van der Waals surface area contributed by atoms with Crippen LogP contribution in [0.25, 0.3) is 6.08 Å². The summed E-state index contributed by atoms with van der Waals surface area (Å²) in [5.74, 6) is 0.886. The van der Waals surface area contributed by atoms with Crippen molar-refractivity contribution in [2.75, 3.05) is 20.2 Å². The van der Waals surface area contributed by atoms with E-state index in [2.05, 4.69) is 45.9 Å². The number of carbonyl (C=O) groups excluding carboxylic acids is 1. The third kappa shape index (κ3) is 5.48. The van der Waals surface area contributed by atoms with E-state index in [1.54, 1.807) is 7.11 Å². The smallest absolute Gasteiger partial charge is 0.254 e. The van der Waals surface area contributed by atoms with Gasteiger partial charge in [-0.1, -0.05) is 62.8 Å². The van der Waals surface area contributed by atoms with Crippen molar-refractivity contribution in [1.29, 1.82) is 0 Å². The highest BCUT2D eigenvalue weighted by molar-refractivity contribution is 5.95. The zero-order valence-corrected chi connectivity index (χ0v) is 17.9. The van der Waals surface area contributed by atoms with E-state index >= 15 is 0 Å². The molecule has 0 atom stereocenters. The Labute approximate surface area is 170 Å². The number of nitrogens with zero attached hydrogens (tertiary/aromatic N) is 1. The van der Waals surface area contributed by atoms with Gasteiger partial charge in [-0.3, -0.25) is 4.79 Å². The molecule has 2 aromatic rings. The number of aryl methyl sites for hydroxylation is 1. The first-order valence-electron chi connectivity index (χ1n) is 10.2. The lowest BCUT2D eigenvalue weighted by atomic mass is 9.98. The van der Waals surface area contributed by atoms with Gasteiger partial charge in [0, 0.05) is 18.7 Å². The SMILES string of the molecule is CCCN(C/C(C)=C/c1ccccc1)C(=O)c1cc(CC)c(CC)c(OC)c1. The maximum Gasteiger partial charge on any atom is 0.254 e. The van der Waals surface area contributed by atoms with E-state index in [1.165, 1.54) is 16.7 Å². The van der Waals surface area contributed by atoms with E-state index in [1.807, 2.05) is 35.2 Å². The predicted molar refractivity (Wildman–Crippen MR) is 118 cm³/mol. The van der Waals surface area contributed by atoms with Crippen molar-refractivity contribution in [3.05, 3.63) is 70.3 Å². The summed E-state index contributed by atoms with van der Waals surface area (Å²) in [6.45, 7) is 9.80. The van der Waals surface area contributed by atoms with Gasteiger partial charge in [0.15, 0.2) is 0 Å². The molecule has 0 aliphatic carbocycles. The number of amides is 1. The number of ether oxygens (including phenoxy) is 1. The molecule has 28 heavy (non-hydrogen) atoms. The number of benzene rings is 2. The number of rotatable bonds is 9. The molecule has 0 aromatic heterocycles. The van der Waals surface area contributed by atoms with Gasteiger partial charge in [0.1, 0.15) is 5.75 Å². The Balaban J connectivity index is 2.30. The van der Waals surface area contributed by atoms with E-state index < -0.39 is 0 Å². The molecule has 0 radical (unpaired) electrons. The van der Waals surface area contributed by atoms with Gasteiger partial charge in [0.25, 0.3) is 5.91 Å². The highest BCUT2D eigenvalue weighted by Crippen LogP contribution is 2.27. The normalized spacial score (nSPS) is 11.4. The Kier molecular flexibility index (Phi) is 8.31. The molecule has 0 bridgehead atoms. The summed E-state index contributed by atoms with van der Waals surface area (Å²) in [6, 6.07) is 14.2. The molecule has 3 nitrogen and oxygen atoms in total. The van der Waals surface area contributed by atoms with Crippen LogP contribution in [0.2, 0.25) is 0 Å². The van der Waals surface area contributed by atoms with Crippen LogP contribution >= 0.6 is 0 Å². The van der Waals surface area contributed by atoms with Crippen molar-refractivity contribution in [3.8, 4) is 5.75 Å². The highest BCUT2D eigenvalue weighted by Gasteiger charge is 2.19. The molecule has 3 heteroatoms. The van der Waals surface area contributed by atoms with Crippen molar-refractivity contribution in [3.63, 3.8) is 0 Å². The summed E-state index contributed by atoms with van der Waals surface area (Å²) in [6.07, 6.45) is 4.86. The molecule has 0 spiro atoms. The first-order valence-corrected chi connectivity index (χ1v) is 10.2. The maximum atomic E-state index is 13.3. The summed E-state index contributed by atoms with van der Waals surface area (Å²) in [7, 11) is 1.68. The summed E-state index contributed by atoms with van der Waals surface area (Å²) < 4.78 is 5.59. The van der Waals surface area contributed by atoms with Crippen LogP contribution < -0.4 is 4.74 Å². The van der Waals surface area contributed by atoms with Gasteiger partial charge < -0.3 is 9.64 Å². The third-order valence-electron chi connectivity index (χ3n) is 4.94. The molecule has 0 heterocycles. The number of methoxy groups -OCH3 is 1. The van der Waals surface area contributed by atoms with Crippen LogP contribution in [0.1, 0.15) is 61.2 Å². The number of carbonyl (C=O) groups is 1. The Bertz CT molecular complexity index is 784. The Morgan fingerprint density at radius 1 is 1.07 bits per heavy atom.